The Morgan fingerprint density at radius 1 is 1.32 bits per heavy atom. The second kappa shape index (κ2) is 4.68. The minimum Gasteiger partial charge on any atom is -0.466 e. The van der Waals surface area contributed by atoms with E-state index in [-0.39, 0.29) is 5.41 Å². The Labute approximate surface area is 113 Å². The van der Waals surface area contributed by atoms with Crippen molar-refractivity contribution in [2.24, 2.45) is 10.6 Å². The molecule has 1 aromatic carbocycles. The number of hydrogen-bond donors (Lipinski definition) is 0. The third-order valence-electron chi connectivity index (χ3n) is 3.35. The van der Waals surface area contributed by atoms with Crippen LogP contribution in [-0.4, -0.2) is 18.8 Å². The van der Waals surface area contributed by atoms with Crippen molar-refractivity contribution < 1.29 is 14.4 Å². The van der Waals surface area contributed by atoms with Gasteiger partial charge in [0.15, 0.2) is 0 Å². The lowest BCUT2D eigenvalue weighted by molar-refractivity contribution is -0.167. The molecule has 4 nitrogen and oxygen atoms in total. The van der Waals surface area contributed by atoms with Crippen LogP contribution in [0.25, 0.3) is 0 Å². The van der Waals surface area contributed by atoms with Crippen molar-refractivity contribution in [1.82, 2.24) is 0 Å². The highest BCUT2D eigenvalue weighted by Gasteiger charge is 2.51. The molecule has 1 aliphatic rings. The van der Waals surface area contributed by atoms with E-state index < -0.39 is 11.6 Å². The van der Waals surface area contributed by atoms with Gasteiger partial charge in [0, 0.05) is 17.4 Å². The van der Waals surface area contributed by atoms with Crippen LogP contribution < -0.4 is 0 Å². The Morgan fingerprint density at radius 3 is 2.42 bits per heavy atom. The van der Waals surface area contributed by atoms with Crippen molar-refractivity contribution in [3.8, 4) is 0 Å². The Balaban J connectivity index is 2.40. The maximum absolute atomic E-state index is 12.2. The van der Waals surface area contributed by atoms with Crippen molar-refractivity contribution >= 4 is 11.7 Å². The fourth-order valence-electron chi connectivity index (χ4n) is 2.09. The van der Waals surface area contributed by atoms with Crippen molar-refractivity contribution in [2.75, 3.05) is 7.11 Å². The second-order valence-electron chi connectivity index (χ2n) is 5.74. The van der Waals surface area contributed by atoms with Crippen LogP contribution in [0, 0.1) is 5.41 Å². The van der Waals surface area contributed by atoms with Crippen LogP contribution in [0.1, 0.15) is 32.8 Å². The molecule has 0 aliphatic carbocycles. The monoisotopic (exact) mass is 261 g/mol. The molecule has 1 aromatic rings. The maximum Gasteiger partial charge on any atom is 0.358 e. The molecule has 0 N–H and O–H groups in total. The summed E-state index contributed by atoms with van der Waals surface area (Å²) in [6, 6.07) is 9.36. The van der Waals surface area contributed by atoms with Gasteiger partial charge in [0.1, 0.15) is 0 Å². The third kappa shape index (κ3) is 2.35. The van der Waals surface area contributed by atoms with E-state index in [2.05, 4.69) is 5.16 Å². The molecule has 19 heavy (non-hydrogen) atoms. The lowest BCUT2D eigenvalue weighted by atomic mass is 9.80. The zero-order valence-electron chi connectivity index (χ0n) is 11.8. The summed E-state index contributed by atoms with van der Waals surface area (Å²) in [4.78, 5) is 17.7. The van der Waals surface area contributed by atoms with E-state index >= 15 is 0 Å². The normalized spacial score (nSPS) is 22.6. The number of carbonyl (C=O) groups is 1. The summed E-state index contributed by atoms with van der Waals surface area (Å²) < 4.78 is 4.92. The predicted molar refractivity (Wildman–Crippen MR) is 72.7 cm³/mol. The number of oxime groups is 1. The van der Waals surface area contributed by atoms with Gasteiger partial charge in [-0.1, -0.05) is 56.3 Å². The molecule has 0 bridgehead atoms. The number of hydrogen-bond acceptors (Lipinski definition) is 4. The number of esters is 1. The van der Waals surface area contributed by atoms with Gasteiger partial charge in [0.05, 0.1) is 12.8 Å². The summed E-state index contributed by atoms with van der Waals surface area (Å²) in [6.45, 7) is 6.15. The highest BCUT2D eigenvalue weighted by atomic mass is 16.7. The highest BCUT2D eigenvalue weighted by Crippen LogP contribution is 2.40. The Hall–Kier alpha value is -1.84. The molecule has 2 rings (SSSR count). The number of methoxy groups -OCH3 is 1. The Bertz CT molecular complexity index is 502. The van der Waals surface area contributed by atoms with Crippen molar-refractivity contribution in [2.45, 2.75) is 32.8 Å². The first-order valence-electron chi connectivity index (χ1n) is 6.29. The molecule has 0 spiro atoms. The summed E-state index contributed by atoms with van der Waals surface area (Å²) in [6.07, 6.45) is 0.424. The molecule has 1 atom stereocenters. The van der Waals surface area contributed by atoms with Crippen molar-refractivity contribution in [1.29, 1.82) is 0 Å². The van der Waals surface area contributed by atoms with E-state index in [4.69, 9.17) is 9.57 Å². The van der Waals surface area contributed by atoms with Crippen molar-refractivity contribution in [3.05, 3.63) is 35.9 Å². The SMILES string of the molecule is COC(=O)C1(c2ccccc2)CC(C(C)(C)C)=NO1. The first-order valence-corrected chi connectivity index (χ1v) is 6.29. The summed E-state index contributed by atoms with van der Waals surface area (Å²) in [5.74, 6) is -0.415. The minimum absolute atomic E-state index is 0.134. The van der Waals surface area contributed by atoms with E-state index in [0.717, 1.165) is 11.3 Å². The van der Waals surface area contributed by atoms with Gasteiger partial charge in [-0.25, -0.2) is 4.79 Å². The maximum atomic E-state index is 12.2. The van der Waals surface area contributed by atoms with Crippen LogP contribution in [0.3, 0.4) is 0 Å². The van der Waals surface area contributed by atoms with E-state index in [1.54, 1.807) is 0 Å². The fourth-order valence-corrected chi connectivity index (χ4v) is 2.09. The van der Waals surface area contributed by atoms with Crippen LogP contribution in [0.2, 0.25) is 0 Å². The molecule has 0 aromatic heterocycles. The van der Waals surface area contributed by atoms with Gasteiger partial charge in [-0.15, -0.1) is 0 Å². The van der Waals surface area contributed by atoms with E-state index in [0.29, 0.717) is 6.42 Å². The van der Waals surface area contributed by atoms with Crippen LogP contribution in [0.5, 0.6) is 0 Å². The first-order chi connectivity index (χ1) is 8.90. The van der Waals surface area contributed by atoms with Gasteiger partial charge in [0.25, 0.3) is 5.60 Å². The van der Waals surface area contributed by atoms with Gasteiger partial charge >= 0.3 is 5.97 Å². The molecule has 0 saturated carbocycles. The van der Waals surface area contributed by atoms with Crippen LogP contribution >= 0.6 is 0 Å². The largest absolute Gasteiger partial charge is 0.466 e. The van der Waals surface area contributed by atoms with E-state index in [1.807, 2.05) is 51.1 Å². The first kappa shape index (κ1) is 13.6. The Kier molecular flexibility index (Phi) is 3.35. The highest BCUT2D eigenvalue weighted by molar-refractivity contribution is 5.97. The number of benzene rings is 1. The van der Waals surface area contributed by atoms with Crippen molar-refractivity contribution in [3.63, 3.8) is 0 Å². The van der Waals surface area contributed by atoms with Gasteiger partial charge in [-0.05, 0) is 0 Å². The lowest BCUT2D eigenvalue weighted by Crippen LogP contribution is -2.38. The molecule has 1 unspecified atom stereocenters. The summed E-state index contributed by atoms with van der Waals surface area (Å²) >= 11 is 0. The molecular formula is C15H19NO3. The molecule has 0 fully saturated rings. The van der Waals surface area contributed by atoms with Gasteiger partial charge < -0.3 is 9.57 Å². The summed E-state index contributed by atoms with van der Waals surface area (Å²) in [5.41, 5.74) is 0.356. The third-order valence-corrected chi connectivity index (χ3v) is 3.35. The molecule has 0 saturated heterocycles. The molecule has 1 heterocycles. The number of carbonyl (C=O) groups excluding carboxylic acids is 1. The average Bonchev–Trinajstić information content (AvgIpc) is 2.85. The quantitative estimate of drug-likeness (QED) is 0.769. The molecule has 102 valence electrons. The van der Waals surface area contributed by atoms with E-state index in [1.165, 1.54) is 7.11 Å². The number of nitrogens with zero attached hydrogens (tertiary/aromatic N) is 1. The minimum atomic E-state index is -1.14. The van der Waals surface area contributed by atoms with Crippen LogP contribution in [0.4, 0.5) is 0 Å². The predicted octanol–water partition coefficient (Wildman–Crippen LogP) is 2.88. The zero-order chi connectivity index (χ0) is 14.1. The van der Waals surface area contributed by atoms with E-state index in [9.17, 15) is 4.79 Å². The number of ether oxygens (including phenoxy) is 1. The lowest BCUT2D eigenvalue weighted by Gasteiger charge is -2.25. The van der Waals surface area contributed by atoms with Gasteiger partial charge in [-0.3, -0.25) is 0 Å². The topological polar surface area (TPSA) is 47.9 Å². The van der Waals surface area contributed by atoms with Gasteiger partial charge in [-0.2, -0.15) is 0 Å². The average molecular weight is 261 g/mol. The molecule has 0 radical (unpaired) electrons. The standard InChI is InChI=1S/C15H19NO3/c1-14(2,3)12-10-15(19-16-12,13(17)18-4)11-8-6-5-7-9-11/h5-9H,10H2,1-4H3. The smallest absolute Gasteiger partial charge is 0.358 e. The molecule has 4 heteroatoms. The second-order valence-corrected chi connectivity index (χ2v) is 5.74. The Morgan fingerprint density at radius 2 is 1.95 bits per heavy atom. The number of rotatable bonds is 2. The molecule has 1 aliphatic heterocycles. The van der Waals surface area contributed by atoms with Gasteiger partial charge in [0.2, 0.25) is 0 Å². The van der Waals surface area contributed by atoms with Crippen LogP contribution in [0.15, 0.2) is 35.5 Å². The van der Waals surface area contributed by atoms with Crippen LogP contribution in [-0.2, 0) is 20.0 Å². The molecule has 0 amide bonds. The summed E-state index contributed by atoms with van der Waals surface area (Å²) in [7, 11) is 1.37. The molecular weight excluding hydrogens is 242 g/mol. The summed E-state index contributed by atoms with van der Waals surface area (Å²) in [5, 5.41) is 4.12. The fraction of sp³-hybridized carbons (Fsp3) is 0.467. The zero-order valence-corrected chi connectivity index (χ0v) is 11.8.